The van der Waals surface area contributed by atoms with Crippen LogP contribution in [0.15, 0.2) is 48.5 Å². The summed E-state index contributed by atoms with van der Waals surface area (Å²) >= 11 is 0. The zero-order valence-corrected chi connectivity index (χ0v) is 15.2. The van der Waals surface area contributed by atoms with Crippen molar-refractivity contribution in [2.75, 3.05) is 6.61 Å². The monoisotopic (exact) mass is 374 g/mol. The molecule has 0 aromatic heterocycles. The van der Waals surface area contributed by atoms with Gasteiger partial charge in [-0.1, -0.05) is 49.4 Å². The third-order valence-electron chi connectivity index (χ3n) is 4.90. The van der Waals surface area contributed by atoms with Gasteiger partial charge >= 0.3 is 0 Å². The van der Waals surface area contributed by atoms with Gasteiger partial charge in [-0.15, -0.1) is 0 Å². The van der Waals surface area contributed by atoms with Crippen molar-refractivity contribution in [3.63, 3.8) is 0 Å². The van der Waals surface area contributed by atoms with E-state index in [9.17, 15) is 20.4 Å². The zero-order chi connectivity index (χ0) is 19.4. The second-order valence-corrected chi connectivity index (χ2v) is 6.77. The summed E-state index contributed by atoms with van der Waals surface area (Å²) in [6, 6.07) is 15.7. The summed E-state index contributed by atoms with van der Waals surface area (Å²) in [7, 11) is 0. The average Bonchev–Trinajstić information content (AvgIpc) is 2.69. The lowest BCUT2D eigenvalue weighted by Crippen LogP contribution is -2.60. The number of benzene rings is 2. The molecule has 1 aliphatic heterocycles. The van der Waals surface area contributed by atoms with E-state index in [1.165, 1.54) is 5.56 Å². The number of aliphatic hydroxyl groups is 4. The molecule has 0 saturated carbocycles. The Morgan fingerprint density at radius 3 is 2.26 bits per heavy atom. The molecule has 0 amide bonds. The number of para-hydroxylation sites is 1. The molecule has 27 heavy (non-hydrogen) atoms. The smallest absolute Gasteiger partial charge is 0.195 e. The minimum Gasteiger partial charge on any atom is -0.482 e. The van der Waals surface area contributed by atoms with Crippen molar-refractivity contribution in [1.82, 2.24) is 0 Å². The zero-order valence-electron chi connectivity index (χ0n) is 15.2. The second-order valence-electron chi connectivity index (χ2n) is 6.77. The van der Waals surface area contributed by atoms with Crippen LogP contribution < -0.4 is 4.74 Å². The Kier molecular flexibility index (Phi) is 6.46. The van der Waals surface area contributed by atoms with E-state index in [-0.39, 0.29) is 0 Å². The third kappa shape index (κ3) is 4.48. The van der Waals surface area contributed by atoms with Gasteiger partial charge in [-0.3, -0.25) is 0 Å². The highest BCUT2D eigenvalue weighted by Crippen LogP contribution is 2.28. The molecule has 6 heteroatoms. The van der Waals surface area contributed by atoms with Crippen LogP contribution in [0.5, 0.6) is 5.75 Å². The van der Waals surface area contributed by atoms with E-state index in [2.05, 4.69) is 31.2 Å². The number of hydrogen-bond donors (Lipinski definition) is 4. The van der Waals surface area contributed by atoms with Crippen LogP contribution in [0.1, 0.15) is 23.6 Å². The lowest BCUT2D eigenvalue weighted by molar-refractivity contribution is -0.280. The van der Waals surface area contributed by atoms with Gasteiger partial charge in [0, 0.05) is 6.42 Å². The van der Waals surface area contributed by atoms with Crippen LogP contribution in [0, 0.1) is 0 Å². The van der Waals surface area contributed by atoms with Crippen molar-refractivity contribution >= 4 is 0 Å². The van der Waals surface area contributed by atoms with Crippen molar-refractivity contribution in [3.05, 3.63) is 65.2 Å². The number of rotatable bonds is 6. The Hall–Kier alpha value is -1.96. The minimum atomic E-state index is -1.46. The molecule has 1 fully saturated rings. The third-order valence-corrected chi connectivity index (χ3v) is 4.90. The Labute approximate surface area is 158 Å². The molecule has 1 heterocycles. The van der Waals surface area contributed by atoms with E-state index in [0.29, 0.717) is 12.2 Å². The summed E-state index contributed by atoms with van der Waals surface area (Å²) in [5.74, 6) is 0.499. The molecule has 146 valence electrons. The maximum Gasteiger partial charge on any atom is 0.195 e. The van der Waals surface area contributed by atoms with Gasteiger partial charge in [0.05, 0.1) is 6.61 Å². The standard InChI is InChI=1S/C21H26O6/c1-2-13-7-9-14(10-8-13)11-15-5-3-4-6-16(15)26-20-19(24)18(23)17(12-22)27-21(20)25/h3-10,17-25H,2,11-12H2,1H3/t17-,18-,19+,20-,21?/m1/s1. The first-order valence-electron chi connectivity index (χ1n) is 9.16. The SMILES string of the molecule is CCc1ccc(Cc2ccccc2O[C@H]2C(O)O[C@H](CO)[C@@H](O)[C@@H]2O)cc1. The van der Waals surface area contributed by atoms with Crippen molar-refractivity contribution in [2.45, 2.75) is 50.5 Å². The molecule has 1 saturated heterocycles. The van der Waals surface area contributed by atoms with Crippen LogP contribution in [-0.4, -0.2) is 57.7 Å². The molecule has 3 rings (SSSR count). The second kappa shape index (κ2) is 8.82. The molecule has 1 unspecified atom stereocenters. The summed E-state index contributed by atoms with van der Waals surface area (Å²) in [6.45, 7) is 1.60. The van der Waals surface area contributed by atoms with Crippen LogP contribution in [0.2, 0.25) is 0 Å². The normalized spacial score (nSPS) is 28.1. The van der Waals surface area contributed by atoms with Gasteiger partial charge in [0.25, 0.3) is 0 Å². The molecule has 6 nitrogen and oxygen atoms in total. The highest BCUT2D eigenvalue weighted by molar-refractivity contribution is 5.38. The van der Waals surface area contributed by atoms with E-state index in [1.807, 2.05) is 12.1 Å². The van der Waals surface area contributed by atoms with E-state index >= 15 is 0 Å². The summed E-state index contributed by atoms with van der Waals surface area (Å²) in [6.07, 6.45) is -4.80. The number of ether oxygens (including phenoxy) is 2. The molecule has 1 aliphatic rings. The van der Waals surface area contributed by atoms with Crippen LogP contribution >= 0.6 is 0 Å². The largest absolute Gasteiger partial charge is 0.482 e. The van der Waals surface area contributed by atoms with Gasteiger partial charge in [0.15, 0.2) is 12.4 Å². The summed E-state index contributed by atoms with van der Waals surface area (Å²) in [4.78, 5) is 0. The van der Waals surface area contributed by atoms with Crippen LogP contribution in [0.4, 0.5) is 0 Å². The highest BCUT2D eigenvalue weighted by atomic mass is 16.7. The van der Waals surface area contributed by atoms with Gasteiger partial charge in [-0.25, -0.2) is 0 Å². The van der Waals surface area contributed by atoms with Gasteiger partial charge in [-0.2, -0.15) is 0 Å². The molecule has 5 atom stereocenters. The van der Waals surface area contributed by atoms with Crippen LogP contribution in [-0.2, 0) is 17.6 Å². The lowest BCUT2D eigenvalue weighted by atomic mass is 9.98. The first kappa shape index (κ1) is 19.8. The maximum absolute atomic E-state index is 10.3. The quantitative estimate of drug-likeness (QED) is 0.603. The summed E-state index contributed by atoms with van der Waals surface area (Å²) in [5, 5.41) is 39.6. The minimum absolute atomic E-state index is 0.499. The van der Waals surface area contributed by atoms with Gasteiger partial charge < -0.3 is 29.9 Å². The lowest BCUT2D eigenvalue weighted by Gasteiger charge is -2.40. The van der Waals surface area contributed by atoms with Crippen LogP contribution in [0.3, 0.4) is 0 Å². The van der Waals surface area contributed by atoms with Crippen molar-refractivity contribution < 1.29 is 29.9 Å². The Morgan fingerprint density at radius 1 is 0.926 bits per heavy atom. The van der Waals surface area contributed by atoms with Gasteiger partial charge in [0.1, 0.15) is 24.1 Å². The molecule has 0 bridgehead atoms. The first-order chi connectivity index (χ1) is 13.0. The number of aryl methyl sites for hydroxylation is 1. The predicted molar refractivity (Wildman–Crippen MR) is 99.5 cm³/mol. The number of hydrogen-bond acceptors (Lipinski definition) is 6. The Morgan fingerprint density at radius 2 is 1.59 bits per heavy atom. The maximum atomic E-state index is 10.3. The van der Waals surface area contributed by atoms with Crippen LogP contribution in [0.25, 0.3) is 0 Å². The van der Waals surface area contributed by atoms with E-state index in [1.54, 1.807) is 12.1 Å². The predicted octanol–water partition coefficient (Wildman–Crippen LogP) is 1.02. The summed E-state index contributed by atoms with van der Waals surface area (Å²) in [5.41, 5.74) is 3.27. The fourth-order valence-electron chi connectivity index (χ4n) is 3.22. The first-order valence-corrected chi connectivity index (χ1v) is 9.16. The van der Waals surface area contributed by atoms with E-state index < -0.39 is 37.3 Å². The molecule has 0 radical (unpaired) electrons. The topological polar surface area (TPSA) is 99.4 Å². The van der Waals surface area contributed by atoms with Gasteiger partial charge in [0.2, 0.25) is 0 Å². The van der Waals surface area contributed by atoms with E-state index in [4.69, 9.17) is 9.47 Å². The molecule has 2 aromatic rings. The van der Waals surface area contributed by atoms with E-state index in [0.717, 1.165) is 17.5 Å². The Bertz CT molecular complexity index is 732. The molecular formula is C21H26O6. The molecule has 2 aromatic carbocycles. The molecule has 0 spiro atoms. The van der Waals surface area contributed by atoms with Crippen molar-refractivity contribution in [1.29, 1.82) is 0 Å². The highest BCUT2D eigenvalue weighted by Gasteiger charge is 2.45. The molecular weight excluding hydrogens is 348 g/mol. The summed E-state index contributed by atoms with van der Waals surface area (Å²) < 4.78 is 11.0. The molecule has 4 N–H and O–H groups in total. The average molecular weight is 374 g/mol. The van der Waals surface area contributed by atoms with Crippen molar-refractivity contribution in [3.8, 4) is 5.75 Å². The Balaban J connectivity index is 1.77. The van der Waals surface area contributed by atoms with Gasteiger partial charge in [-0.05, 0) is 29.2 Å². The van der Waals surface area contributed by atoms with Crippen molar-refractivity contribution in [2.24, 2.45) is 0 Å². The molecule has 0 aliphatic carbocycles. The fraction of sp³-hybridized carbons (Fsp3) is 0.429. The fourth-order valence-corrected chi connectivity index (χ4v) is 3.22. The number of aliphatic hydroxyl groups excluding tert-OH is 4.